The number of likely N-dealkylation sites (N-methyl/N-ethyl adjacent to an activating group) is 1. The van der Waals surface area contributed by atoms with Crippen LogP contribution in [0.15, 0.2) is 59.5 Å². The second-order valence-electron chi connectivity index (χ2n) is 5.59. The fourth-order valence-corrected chi connectivity index (χ4v) is 2.53. The number of benzene rings is 2. The third-order valence-corrected chi connectivity index (χ3v) is 4.37. The van der Waals surface area contributed by atoms with Crippen molar-refractivity contribution in [2.75, 3.05) is 19.9 Å². The van der Waals surface area contributed by atoms with Gasteiger partial charge in [-0.25, -0.2) is 9.18 Å². The summed E-state index contributed by atoms with van der Waals surface area (Å²) in [7, 11) is 1.66. The second kappa shape index (κ2) is 9.77. The summed E-state index contributed by atoms with van der Waals surface area (Å²) in [5, 5.41) is 0. The Morgan fingerprint density at radius 3 is 2.38 bits per heavy atom. The lowest BCUT2D eigenvalue weighted by Crippen LogP contribution is -2.30. The van der Waals surface area contributed by atoms with Crippen LogP contribution in [0.1, 0.15) is 11.1 Å². The van der Waals surface area contributed by atoms with Gasteiger partial charge in [-0.1, -0.05) is 24.3 Å². The van der Waals surface area contributed by atoms with Gasteiger partial charge in [-0.05, 0) is 47.7 Å². The summed E-state index contributed by atoms with van der Waals surface area (Å²) in [6.07, 6.45) is 4.72. The summed E-state index contributed by atoms with van der Waals surface area (Å²) >= 11 is 1.65. The Morgan fingerprint density at radius 1 is 1.12 bits per heavy atom. The topological polar surface area (TPSA) is 46.6 Å². The molecule has 0 radical (unpaired) electrons. The summed E-state index contributed by atoms with van der Waals surface area (Å²) in [6, 6.07) is 13.6. The molecule has 2 aromatic rings. The molecular formula is C20H20FNO3S. The molecule has 0 saturated heterocycles. The fourth-order valence-electron chi connectivity index (χ4n) is 2.12. The number of ether oxygens (including phenoxy) is 1. The van der Waals surface area contributed by atoms with Crippen LogP contribution >= 0.6 is 11.8 Å². The number of carbonyl (C=O) groups is 2. The van der Waals surface area contributed by atoms with E-state index in [0.717, 1.165) is 10.5 Å². The molecule has 0 N–H and O–H groups in total. The van der Waals surface area contributed by atoms with Gasteiger partial charge in [0.05, 0.1) is 0 Å². The second-order valence-corrected chi connectivity index (χ2v) is 6.47. The molecule has 6 heteroatoms. The first kappa shape index (κ1) is 19.7. The van der Waals surface area contributed by atoms with E-state index in [1.54, 1.807) is 30.9 Å². The molecule has 2 rings (SSSR count). The number of carbonyl (C=O) groups excluding carboxylic acids is 2. The van der Waals surface area contributed by atoms with Gasteiger partial charge in [-0.2, -0.15) is 0 Å². The molecule has 0 aliphatic rings. The van der Waals surface area contributed by atoms with Crippen molar-refractivity contribution in [1.82, 2.24) is 4.90 Å². The summed E-state index contributed by atoms with van der Waals surface area (Å²) in [4.78, 5) is 26.4. The van der Waals surface area contributed by atoms with Gasteiger partial charge in [0.15, 0.2) is 6.61 Å². The van der Waals surface area contributed by atoms with E-state index in [2.05, 4.69) is 0 Å². The smallest absolute Gasteiger partial charge is 0.331 e. The predicted octanol–water partition coefficient (Wildman–Crippen LogP) is 3.76. The Labute approximate surface area is 156 Å². The highest BCUT2D eigenvalue weighted by atomic mass is 32.2. The van der Waals surface area contributed by atoms with Crippen LogP contribution in [0.5, 0.6) is 0 Å². The predicted molar refractivity (Wildman–Crippen MR) is 101 cm³/mol. The van der Waals surface area contributed by atoms with E-state index in [1.165, 1.54) is 29.2 Å². The molecule has 0 bridgehead atoms. The molecule has 4 nitrogen and oxygen atoms in total. The zero-order valence-corrected chi connectivity index (χ0v) is 15.5. The number of nitrogens with zero attached hydrogens (tertiary/aromatic N) is 1. The van der Waals surface area contributed by atoms with Gasteiger partial charge in [0.2, 0.25) is 0 Å². The van der Waals surface area contributed by atoms with Gasteiger partial charge in [-0.15, -0.1) is 11.8 Å². The molecular weight excluding hydrogens is 353 g/mol. The minimum absolute atomic E-state index is 0.289. The molecule has 0 heterocycles. The van der Waals surface area contributed by atoms with Gasteiger partial charge >= 0.3 is 5.97 Å². The number of rotatable bonds is 7. The SMILES string of the molecule is CSc1ccc(CN(C)C(=O)COC(=O)/C=C/c2ccc(F)cc2)cc1. The van der Waals surface area contributed by atoms with E-state index in [-0.39, 0.29) is 18.3 Å². The maximum absolute atomic E-state index is 12.8. The fraction of sp³-hybridized carbons (Fsp3) is 0.200. The number of amides is 1. The minimum atomic E-state index is -0.625. The Kier molecular flexibility index (Phi) is 7.41. The van der Waals surface area contributed by atoms with Crippen LogP contribution in [0.3, 0.4) is 0 Å². The third-order valence-electron chi connectivity index (χ3n) is 3.62. The van der Waals surface area contributed by atoms with Crippen molar-refractivity contribution in [1.29, 1.82) is 0 Å². The quantitative estimate of drug-likeness (QED) is 0.421. The zero-order chi connectivity index (χ0) is 18.9. The van der Waals surface area contributed by atoms with E-state index in [0.29, 0.717) is 12.1 Å². The molecule has 0 fully saturated rings. The molecule has 0 aliphatic heterocycles. The van der Waals surface area contributed by atoms with Gasteiger partial charge in [0.25, 0.3) is 5.91 Å². The van der Waals surface area contributed by atoms with E-state index in [9.17, 15) is 14.0 Å². The number of esters is 1. The van der Waals surface area contributed by atoms with Crippen LogP contribution in [-0.2, 0) is 20.9 Å². The van der Waals surface area contributed by atoms with E-state index in [1.807, 2.05) is 30.5 Å². The normalized spacial score (nSPS) is 10.7. The molecule has 1 amide bonds. The van der Waals surface area contributed by atoms with Gasteiger partial charge in [0, 0.05) is 24.6 Å². The monoisotopic (exact) mass is 373 g/mol. The molecule has 0 spiro atoms. The Bertz CT molecular complexity index is 773. The summed E-state index contributed by atoms with van der Waals surface area (Å²) < 4.78 is 17.8. The summed E-state index contributed by atoms with van der Waals surface area (Å²) in [5.41, 5.74) is 1.67. The molecule has 136 valence electrons. The van der Waals surface area contributed by atoms with Crippen LogP contribution in [0.4, 0.5) is 4.39 Å². The molecule has 0 atom stereocenters. The number of hydrogen-bond acceptors (Lipinski definition) is 4. The average Bonchev–Trinajstić information content (AvgIpc) is 2.66. The zero-order valence-electron chi connectivity index (χ0n) is 14.6. The Hall–Kier alpha value is -2.60. The highest BCUT2D eigenvalue weighted by Crippen LogP contribution is 2.15. The first-order valence-electron chi connectivity index (χ1n) is 7.95. The number of thioether (sulfide) groups is 1. The van der Waals surface area contributed by atoms with Crippen molar-refractivity contribution in [3.05, 3.63) is 71.6 Å². The number of hydrogen-bond donors (Lipinski definition) is 0. The highest BCUT2D eigenvalue weighted by Gasteiger charge is 2.11. The van der Waals surface area contributed by atoms with Crippen LogP contribution in [0.25, 0.3) is 6.08 Å². The Morgan fingerprint density at radius 2 is 1.77 bits per heavy atom. The van der Waals surface area contributed by atoms with Crippen molar-refractivity contribution in [3.8, 4) is 0 Å². The van der Waals surface area contributed by atoms with E-state index < -0.39 is 5.97 Å². The average molecular weight is 373 g/mol. The summed E-state index contributed by atoms with van der Waals surface area (Å²) in [6.45, 7) is 0.114. The largest absolute Gasteiger partial charge is 0.452 e. The van der Waals surface area contributed by atoms with Crippen LogP contribution < -0.4 is 0 Å². The number of halogens is 1. The lowest BCUT2D eigenvalue weighted by atomic mass is 10.2. The van der Waals surface area contributed by atoms with Crippen molar-refractivity contribution in [2.24, 2.45) is 0 Å². The van der Waals surface area contributed by atoms with Gasteiger partial charge in [-0.3, -0.25) is 4.79 Å². The molecule has 0 aromatic heterocycles. The first-order valence-corrected chi connectivity index (χ1v) is 9.17. The van der Waals surface area contributed by atoms with E-state index in [4.69, 9.17) is 4.74 Å². The van der Waals surface area contributed by atoms with E-state index >= 15 is 0 Å². The van der Waals surface area contributed by atoms with Crippen molar-refractivity contribution in [3.63, 3.8) is 0 Å². The molecule has 0 aliphatic carbocycles. The minimum Gasteiger partial charge on any atom is -0.452 e. The van der Waals surface area contributed by atoms with Crippen molar-refractivity contribution >= 4 is 29.7 Å². The first-order chi connectivity index (χ1) is 12.5. The maximum Gasteiger partial charge on any atom is 0.331 e. The molecule has 26 heavy (non-hydrogen) atoms. The standard InChI is InChI=1S/C20H20FNO3S/c1-22(13-16-5-10-18(26-2)11-6-16)19(23)14-25-20(24)12-7-15-3-8-17(21)9-4-15/h3-12H,13-14H2,1-2H3/b12-7+. The lowest BCUT2D eigenvalue weighted by Gasteiger charge is -2.17. The maximum atomic E-state index is 12.8. The third kappa shape index (κ3) is 6.37. The van der Waals surface area contributed by atoms with Gasteiger partial charge < -0.3 is 9.64 Å². The lowest BCUT2D eigenvalue weighted by molar-refractivity contribution is -0.147. The van der Waals surface area contributed by atoms with Crippen LogP contribution in [0, 0.1) is 5.82 Å². The van der Waals surface area contributed by atoms with Crippen LogP contribution in [-0.4, -0.2) is 36.7 Å². The Balaban J connectivity index is 1.78. The molecule has 0 saturated carbocycles. The van der Waals surface area contributed by atoms with Gasteiger partial charge in [0.1, 0.15) is 5.82 Å². The molecule has 0 unspecified atom stereocenters. The molecule has 2 aromatic carbocycles. The summed E-state index contributed by atoms with van der Waals surface area (Å²) in [5.74, 6) is -1.26. The van der Waals surface area contributed by atoms with Crippen LogP contribution in [0.2, 0.25) is 0 Å². The van der Waals surface area contributed by atoms with Crippen molar-refractivity contribution < 1.29 is 18.7 Å². The van der Waals surface area contributed by atoms with Crippen molar-refractivity contribution in [2.45, 2.75) is 11.4 Å². The highest BCUT2D eigenvalue weighted by molar-refractivity contribution is 7.98.